The third kappa shape index (κ3) is 4.14. The third-order valence-electron chi connectivity index (χ3n) is 7.33. The van der Waals surface area contributed by atoms with Gasteiger partial charge in [-0.1, -0.05) is 30.5 Å². The van der Waals surface area contributed by atoms with E-state index in [0.29, 0.717) is 11.3 Å². The van der Waals surface area contributed by atoms with Gasteiger partial charge in [0.1, 0.15) is 0 Å². The second-order valence-electron chi connectivity index (χ2n) is 9.58. The van der Waals surface area contributed by atoms with Crippen LogP contribution in [0.4, 0.5) is 17.1 Å². The molecule has 2 atom stereocenters. The van der Waals surface area contributed by atoms with E-state index in [1.165, 1.54) is 11.3 Å². The number of rotatable bonds is 4. The summed E-state index contributed by atoms with van der Waals surface area (Å²) >= 11 is 0. The number of hydrogen-bond donors (Lipinski definition) is 1. The first-order valence-electron chi connectivity index (χ1n) is 12.2. The highest BCUT2D eigenvalue weighted by Crippen LogP contribution is 2.41. The zero-order valence-corrected chi connectivity index (χ0v) is 19.2. The van der Waals surface area contributed by atoms with Crippen molar-refractivity contribution < 1.29 is 14.4 Å². The van der Waals surface area contributed by atoms with E-state index >= 15 is 0 Å². The first kappa shape index (κ1) is 21.7. The SMILES string of the molecule is Cc1ccc(NC(=O)c2cc(N3C(=O)[C@H]4CCCC[C@@H]4C3=O)ccc2N2CCCCC2)cc1. The van der Waals surface area contributed by atoms with E-state index in [1.54, 1.807) is 6.07 Å². The number of hydrogen-bond acceptors (Lipinski definition) is 4. The molecule has 0 radical (unpaired) electrons. The standard InChI is InChI=1S/C27H31N3O3/c1-18-9-11-19(12-10-18)28-25(31)23-17-20(13-14-24(23)29-15-5-2-6-16-29)30-26(32)21-7-3-4-8-22(21)27(30)33/h9-14,17,21-22H,2-8,15-16H2,1H3,(H,28,31)/t21-,22-/m0/s1. The number of aryl methyl sites for hydroxylation is 1. The summed E-state index contributed by atoms with van der Waals surface area (Å²) in [4.78, 5) is 43.3. The summed E-state index contributed by atoms with van der Waals surface area (Å²) < 4.78 is 0. The maximum atomic E-state index is 13.4. The molecule has 2 saturated heterocycles. The van der Waals surface area contributed by atoms with Crippen LogP contribution in [0.15, 0.2) is 42.5 Å². The van der Waals surface area contributed by atoms with Gasteiger partial charge in [0.05, 0.1) is 23.1 Å². The van der Waals surface area contributed by atoms with Crippen molar-refractivity contribution in [3.05, 3.63) is 53.6 Å². The van der Waals surface area contributed by atoms with Crippen molar-refractivity contribution in [3.8, 4) is 0 Å². The molecular formula is C27H31N3O3. The molecule has 0 spiro atoms. The van der Waals surface area contributed by atoms with Gasteiger partial charge in [-0.15, -0.1) is 0 Å². The Hall–Kier alpha value is -3.15. The fourth-order valence-corrected chi connectivity index (χ4v) is 5.51. The average molecular weight is 446 g/mol. The maximum Gasteiger partial charge on any atom is 0.257 e. The summed E-state index contributed by atoms with van der Waals surface area (Å²) in [5.41, 5.74) is 3.72. The predicted octanol–water partition coefficient (Wildman–Crippen LogP) is 4.92. The van der Waals surface area contributed by atoms with Crippen molar-refractivity contribution >= 4 is 34.8 Å². The van der Waals surface area contributed by atoms with Gasteiger partial charge in [0.25, 0.3) is 5.91 Å². The molecule has 0 bridgehead atoms. The molecule has 2 heterocycles. The van der Waals surface area contributed by atoms with Gasteiger partial charge in [-0.3, -0.25) is 19.3 Å². The molecule has 1 saturated carbocycles. The topological polar surface area (TPSA) is 69.7 Å². The van der Waals surface area contributed by atoms with Gasteiger partial charge < -0.3 is 10.2 Å². The molecule has 2 aromatic rings. The van der Waals surface area contributed by atoms with Gasteiger partial charge in [0, 0.05) is 24.5 Å². The van der Waals surface area contributed by atoms with Crippen LogP contribution >= 0.6 is 0 Å². The van der Waals surface area contributed by atoms with Crippen LogP contribution in [0.3, 0.4) is 0 Å². The number of piperidine rings is 1. The summed E-state index contributed by atoms with van der Waals surface area (Å²) in [7, 11) is 0. The van der Waals surface area contributed by atoms with Crippen molar-refractivity contribution in [2.75, 3.05) is 28.2 Å². The van der Waals surface area contributed by atoms with Crippen LogP contribution in [0.5, 0.6) is 0 Å². The Kier molecular flexibility index (Phi) is 5.92. The molecule has 3 fully saturated rings. The minimum atomic E-state index is -0.224. The number of carbonyl (C=O) groups excluding carboxylic acids is 3. The molecule has 6 heteroatoms. The number of anilines is 3. The smallest absolute Gasteiger partial charge is 0.257 e. The van der Waals surface area contributed by atoms with E-state index in [0.717, 1.165) is 68.6 Å². The number of fused-ring (bicyclic) bond motifs is 1. The van der Waals surface area contributed by atoms with Gasteiger partial charge in [-0.2, -0.15) is 0 Å². The predicted molar refractivity (Wildman–Crippen MR) is 130 cm³/mol. The lowest BCUT2D eigenvalue weighted by Crippen LogP contribution is -2.33. The molecule has 33 heavy (non-hydrogen) atoms. The summed E-state index contributed by atoms with van der Waals surface area (Å²) in [6, 6.07) is 13.2. The fourth-order valence-electron chi connectivity index (χ4n) is 5.51. The monoisotopic (exact) mass is 445 g/mol. The molecule has 3 aliphatic rings. The van der Waals surface area contributed by atoms with E-state index in [9.17, 15) is 14.4 Å². The van der Waals surface area contributed by atoms with Crippen LogP contribution in [0.25, 0.3) is 0 Å². The number of carbonyl (C=O) groups is 3. The third-order valence-corrected chi connectivity index (χ3v) is 7.33. The lowest BCUT2D eigenvalue weighted by molar-refractivity contribution is -0.122. The van der Waals surface area contributed by atoms with Crippen molar-refractivity contribution in [1.29, 1.82) is 0 Å². The van der Waals surface area contributed by atoms with Crippen LogP contribution in [0, 0.1) is 18.8 Å². The van der Waals surface area contributed by atoms with Gasteiger partial charge >= 0.3 is 0 Å². The zero-order valence-electron chi connectivity index (χ0n) is 19.2. The molecule has 2 aromatic carbocycles. The van der Waals surface area contributed by atoms with E-state index in [-0.39, 0.29) is 29.6 Å². The second-order valence-corrected chi connectivity index (χ2v) is 9.58. The first-order valence-corrected chi connectivity index (χ1v) is 12.2. The van der Waals surface area contributed by atoms with Crippen LogP contribution in [-0.4, -0.2) is 30.8 Å². The van der Waals surface area contributed by atoms with Crippen LogP contribution in [0.1, 0.15) is 60.9 Å². The molecule has 0 unspecified atom stereocenters. The Bertz CT molecular complexity index is 1050. The Labute approximate surface area is 194 Å². The van der Waals surface area contributed by atoms with Crippen LogP contribution in [0.2, 0.25) is 0 Å². The van der Waals surface area contributed by atoms with E-state index < -0.39 is 0 Å². The van der Waals surface area contributed by atoms with E-state index in [1.807, 2.05) is 43.3 Å². The highest BCUT2D eigenvalue weighted by Gasteiger charge is 2.48. The second kappa shape index (κ2) is 9.00. The summed E-state index contributed by atoms with van der Waals surface area (Å²) in [6.07, 6.45) is 6.91. The molecule has 172 valence electrons. The normalized spacial score (nSPS) is 22.9. The molecule has 3 amide bonds. The minimum absolute atomic E-state index is 0.111. The lowest BCUT2D eigenvalue weighted by Gasteiger charge is -2.31. The minimum Gasteiger partial charge on any atom is -0.371 e. The molecule has 1 N–H and O–H groups in total. The van der Waals surface area contributed by atoms with Crippen molar-refractivity contribution in [1.82, 2.24) is 0 Å². The maximum absolute atomic E-state index is 13.4. The van der Waals surface area contributed by atoms with Crippen molar-refractivity contribution in [2.24, 2.45) is 11.8 Å². The largest absolute Gasteiger partial charge is 0.371 e. The zero-order chi connectivity index (χ0) is 22.9. The number of benzene rings is 2. The Balaban J connectivity index is 1.50. The van der Waals surface area contributed by atoms with Crippen molar-refractivity contribution in [3.63, 3.8) is 0 Å². The van der Waals surface area contributed by atoms with Gasteiger partial charge in [-0.25, -0.2) is 0 Å². The van der Waals surface area contributed by atoms with Crippen LogP contribution < -0.4 is 15.1 Å². The number of nitrogens with zero attached hydrogens (tertiary/aromatic N) is 2. The highest BCUT2D eigenvalue weighted by molar-refractivity contribution is 6.22. The molecule has 2 aliphatic heterocycles. The van der Waals surface area contributed by atoms with Gasteiger partial charge in [0.2, 0.25) is 11.8 Å². The summed E-state index contributed by atoms with van der Waals surface area (Å²) in [6.45, 7) is 3.80. The molecular weight excluding hydrogens is 414 g/mol. The molecule has 0 aromatic heterocycles. The Morgan fingerprint density at radius 3 is 2.12 bits per heavy atom. The molecule has 1 aliphatic carbocycles. The number of imide groups is 1. The first-order chi connectivity index (χ1) is 16.0. The molecule has 5 rings (SSSR count). The highest BCUT2D eigenvalue weighted by atomic mass is 16.2. The van der Waals surface area contributed by atoms with Crippen LogP contribution in [-0.2, 0) is 9.59 Å². The van der Waals surface area contributed by atoms with E-state index in [4.69, 9.17) is 0 Å². The van der Waals surface area contributed by atoms with Gasteiger partial charge in [0.15, 0.2) is 0 Å². The number of nitrogens with one attached hydrogen (secondary N) is 1. The fraction of sp³-hybridized carbons (Fsp3) is 0.444. The molecule has 6 nitrogen and oxygen atoms in total. The Morgan fingerprint density at radius 2 is 1.48 bits per heavy atom. The van der Waals surface area contributed by atoms with E-state index in [2.05, 4.69) is 10.2 Å². The van der Waals surface area contributed by atoms with Crippen molar-refractivity contribution in [2.45, 2.75) is 51.9 Å². The number of amides is 3. The van der Waals surface area contributed by atoms with Gasteiger partial charge in [-0.05, 0) is 69.4 Å². The lowest BCUT2D eigenvalue weighted by atomic mass is 9.81. The summed E-state index contributed by atoms with van der Waals surface area (Å²) in [5, 5.41) is 3.00. The Morgan fingerprint density at radius 1 is 0.848 bits per heavy atom. The average Bonchev–Trinajstić information content (AvgIpc) is 3.11. The quantitative estimate of drug-likeness (QED) is 0.679. The summed E-state index contributed by atoms with van der Waals surface area (Å²) in [5.74, 6) is -0.867.